The molecule has 1 heterocycles. The summed E-state index contributed by atoms with van der Waals surface area (Å²) in [5, 5.41) is 6.83. The molecule has 0 aliphatic carbocycles. The third-order valence-electron chi connectivity index (χ3n) is 2.35. The molecule has 1 aromatic heterocycles. The van der Waals surface area contributed by atoms with Gasteiger partial charge in [0.05, 0.1) is 17.3 Å². The molecule has 92 valence electrons. The SMILES string of the molecule is CCOCC(C)NCCc1csc(CC)n1. The van der Waals surface area contributed by atoms with Crippen molar-refractivity contribution >= 4 is 11.3 Å². The second-order valence-corrected chi connectivity index (χ2v) is 4.79. The van der Waals surface area contributed by atoms with Crippen LogP contribution in [0.25, 0.3) is 0 Å². The molecule has 0 saturated heterocycles. The molecule has 1 N–H and O–H groups in total. The molecule has 3 nitrogen and oxygen atoms in total. The molecule has 0 saturated carbocycles. The van der Waals surface area contributed by atoms with Crippen LogP contribution in [0.3, 0.4) is 0 Å². The number of hydrogen-bond acceptors (Lipinski definition) is 4. The van der Waals surface area contributed by atoms with Gasteiger partial charge in [0.15, 0.2) is 0 Å². The van der Waals surface area contributed by atoms with Crippen molar-refractivity contribution in [2.24, 2.45) is 0 Å². The topological polar surface area (TPSA) is 34.1 Å². The quantitative estimate of drug-likeness (QED) is 0.759. The Morgan fingerprint density at radius 3 is 2.94 bits per heavy atom. The molecule has 16 heavy (non-hydrogen) atoms. The zero-order valence-electron chi connectivity index (χ0n) is 10.5. The lowest BCUT2D eigenvalue weighted by Gasteiger charge is -2.12. The van der Waals surface area contributed by atoms with Crippen LogP contribution in [0.4, 0.5) is 0 Å². The Morgan fingerprint density at radius 2 is 2.31 bits per heavy atom. The third kappa shape index (κ3) is 5.05. The number of ether oxygens (including phenoxy) is 1. The Morgan fingerprint density at radius 1 is 1.50 bits per heavy atom. The molecule has 1 rings (SSSR count). The van der Waals surface area contributed by atoms with Crippen LogP contribution in [-0.4, -0.2) is 30.8 Å². The standard InChI is InChI=1S/C12H22N2OS/c1-4-12-14-11(9-16-12)6-7-13-10(3)8-15-5-2/h9-10,13H,4-8H2,1-3H3. The Labute approximate surface area is 102 Å². The molecular formula is C12H22N2OS. The van der Waals surface area contributed by atoms with Gasteiger partial charge in [0, 0.05) is 31.0 Å². The van der Waals surface area contributed by atoms with Gasteiger partial charge in [0.2, 0.25) is 0 Å². The number of nitrogens with one attached hydrogen (secondary N) is 1. The fraction of sp³-hybridized carbons (Fsp3) is 0.750. The van der Waals surface area contributed by atoms with Gasteiger partial charge in [-0.3, -0.25) is 0 Å². The van der Waals surface area contributed by atoms with Gasteiger partial charge in [-0.05, 0) is 20.3 Å². The highest BCUT2D eigenvalue weighted by atomic mass is 32.1. The van der Waals surface area contributed by atoms with Gasteiger partial charge in [0.1, 0.15) is 0 Å². The van der Waals surface area contributed by atoms with Gasteiger partial charge in [-0.1, -0.05) is 6.92 Å². The van der Waals surface area contributed by atoms with Gasteiger partial charge in [-0.15, -0.1) is 11.3 Å². The Bertz CT molecular complexity index is 288. The van der Waals surface area contributed by atoms with E-state index in [4.69, 9.17) is 4.74 Å². The average Bonchev–Trinajstić information content (AvgIpc) is 2.74. The van der Waals surface area contributed by atoms with E-state index in [9.17, 15) is 0 Å². The number of rotatable bonds is 8. The summed E-state index contributed by atoms with van der Waals surface area (Å²) < 4.78 is 5.34. The van der Waals surface area contributed by atoms with E-state index in [-0.39, 0.29) is 0 Å². The van der Waals surface area contributed by atoms with Gasteiger partial charge in [0.25, 0.3) is 0 Å². The summed E-state index contributed by atoms with van der Waals surface area (Å²) in [6.45, 7) is 8.86. The fourth-order valence-corrected chi connectivity index (χ4v) is 2.21. The minimum absolute atomic E-state index is 0.421. The smallest absolute Gasteiger partial charge is 0.0925 e. The van der Waals surface area contributed by atoms with E-state index in [1.165, 1.54) is 10.7 Å². The maximum absolute atomic E-state index is 5.34. The number of nitrogens with zero attached hydrogens (tertiary/aromatic N) is 1. The minimum Gasteiger partial charge on any atom is -0.380 e. The lowest BCUT2D eigenvalue weighted by Crippen LogP contribution is -2.32. The van der Waals surface area contributed by atoms with Gasteiger partial charge >= 0.3 is 0 Å². The molecule has 1 aromatic rings. The van der Waals surface area contributed by atoms with Crippen LogP contribution < -0.4 is 5.32 Å². The number of hydrogen-bond donors (Lipinski definition) is 1. The van der Waals surface area contributed by atoms with Crippen LogP contribution in [0.15, 0.2) is 5.38 Å². The third-order valence-corrected chi connectivity index (χ3v) is 3.39. The van der Waals surface area contributed by atoms with Crippen molar-refractivity contribution in [2.45, 2.75) is 39.7 Å². The maximum Gasteiger partial charge on any atom is 0.0925 e. The molecule has 1 atom stereocenters. The number of aromatic nitrogens is 1. The molecule has 0 aliphatic heterocycles. The largest absolute Gasteiger partial charge is 0.380 e. The summed E-state index contributed by atoms with van der Waals surface area (Å²) in [5.74, 6) is 0. The summed E-state index contributed by atoms with van der Waals surface area (Å²) in [6, 6.07) is 0.421. The Balaban J connectivity index is 2.14. The second-order valence-electron chi connectivity index (χ2n) is 3.85. The van der Waals surface area contributed by atoms with Crippen molar-refractivity contribution < 1.29 is 4.74 Å². The maximum atomic E-state index is 5.34. The Hall–Kier alpha value is -0.450. The molecule has 0 amide bonds. The van der Waals surface area contributed by atoms with Crippen LogP contribution in [-0.2, 0) is 17.6 Å². The first-order chi connectivity index (χ1) is 7.76. The predicted molar refractivity (Wildman–Crippen MR) is 69.2 cm³/mol. The van der Waals surface area contributed by atoms with Crippen molar-refractivity contribution in [3.63, 3.8) is 0 Å². The summed E-state index contributed by atoms with van der Waals surface area (Å²) in [6.07, 6.45) is 2.05. The monoisotopic (exact) mass is 242 g/mol. The molecule has 0 aromatic carbocycles. The zero-order valence-corrected chi connectivity index (χ0v) is 11.3. The van der Waals surface area contributed by atoms with Crippen LogP contribution in [0.1, 0.15) is 31.5 Å². The molecule has 0 fully saturated rings. The highest BCUT2D eigenvalue weighted by molar-refractivity contribution is 7.09. The summed E-state index contributed by atoms with van der Waals surface area (Å²) in [7, 11) is 0. The van der Waals surface area contributed by atoms with E-state index in [0.29, 0.717) is 6.04 Å². The zero-order chi connectivity index (χ0) is 11.8. The van der Waals surface area contributed by atoms with Crippen LogP contribution >= 0.6 is 11.3 Å². The lowest BCUT2D eigenvalue weighted by atomic mass is 10.3. The van der Waals surface area contributed by atoms with E-state index in [1.54, 1.807) is 11.3 Å². The van der Waals surface area contributed by atoms with E-state index in [0.717, 1.165) is 32.6 Å². The first-order valence-corrected chi connectivity index (χ1v) is 6.88. The van der Waals surface area contributed by atoms with Crippen LogP contribution in [0, 0.1) is 0 Å². The highest BCUT2D eigenvalue weighted by Gasteiger charge is 2.03. The molecule has 4 heteroatoms. The van der Waals surface area contributed by atoms with Crippen LogP contribution in [0.2, 0.25) is 0 Å². The molecule has 1 unspecified atom stereocenters. The summed E-state index contributed by atoms with van der Waals surface area (Å²) >= 11 is 1.76. The molecule has 0 radical (unpaired) electrons. The molecule has 0 spiro atoms. The van der Waals surface area contributed by atoms with Crippen LogP contribution in [0.5, 0.6) is 0 Å². The predicted octanol–water partition coefficient (Wildman–Crippen LogP) is 2.26. The van der Waals surface area contributed by atoms with E-state index >= 15 is 0 Å². The number of thiazole rings is 1. The van der Waals surface area contributed by atoms with Gasteiger partial charge in [-0.25, -0.2) is 4.98 Å². The minimum atomic E-state index is 0.421. The highest BCUT2D eigenvalue weighted by Crippen LogP contribution is 2.10. The molecule has 0 bridgehead atoms. The first-order valence-electron chi connectivity index (χ1n) is 6.00. The van der Waals surface area contributed by atoms with Crippen molar-refractivity contribution in [1.82, 2.24) is 10.3 Å². The van der Waals surface area contributed by atoms with Crippen molar-refractivity contribution in [1.29, 1.82) is 0 Å². The normalized spacial score (nSPS) is 12.9. The molecular weight excluding hydrogens is 220 g/mol. The average molecular weight is 242 g/mol. The van der Waals surface area contributed by atoms with Crippen molar-refractivity contribution in [2.75, 3.05) is 19.8 Å². The number of aryl methyl sites for hydroxylation is 1. The van der Waals surface area contributed by atoms with E-state index in [1.807, 2.05) is 6.92 Å². The Kier molecular flexibility index (Phi) is 6.61. The lowest BCUT2D eigenvalue weighted by molar-refractivity contribution is 0.127. The van der Waals surface area contributed by atoms with E-state index < -0.39 is 0 Å². The first kappa shape index (κ1) is 13.6. The summed E-state index contributed by atoms with van der Waals surface area (Å²) in [5.41, 5.74) is 1.21. The van der Waals surface area contributed by atoms with Gasteiger partial charge in [-0.2, -0.15) is 0 Å². The fourth-order valence-electron chi connectivity index (χ4n) is 1.43. The summed E-state index contributed by atoms with van der Waals surface area (Å²) in [4.78, 5) is 4.54. The van der Waals surface area contributed by atoms with Crippen molar-refractivity contribution in [3.05, 3.63) is 16.1 Å². The molecule has 0 aliphatic rings. The van der Waals surface area contributed by atoms with Gasteiger partial charge < -0.3 is 10.1 Å². The van der Waals surface area contributed by atoms with E-state index in [2.05, 4.69) is 29.5 Å². The van der Waals surface area contributed by atoms with Crippen molar-refractivity contribution in [3.8, 4) is 0 Å². The second kappa shape index (κ2) is 7.76.